The molecule has 2 aromatic rings. The van der Waals surface area contributed by atoms with Crippen LogP contribution in [0.3, 0.4) is 0 Å². The average Bonchev–Trinajstić information content (AvgIpc) is 2.74. The summed E-state index contributed by atoms with van der Waals surface area (Å²) in [4.78, 5) is 18.0. The van der Waals surface area contributed by atoms with Gasteiger partial charge in [0.25, 0.3) is 5.91 Å². The van der Waals surface area contributed by atoms with Crippen LogP contribution in [-0.2, 0) is 11.3 Å². The first-order valence-electron chi connectivity index (χ1n) is 10.0. The van der Waals surface area contributed by atoms with Crippen molar-refractivity contribution in [1.82, 2.24) is 4.90 Å². The number of rotatable bonds is 8. The Morgan fingerprint density at radius 1 is 1.10 bits per heavy atom. The standard InChI is InChI=1S/C23H29N3O3/c1-3-16-29-22-10-4-19(5-11-22)17-24(2)18-23(28)26-14-12-25(13-15-26)20-6-8-21(27)9-7-20/h3-11,27H,1,12-18H2,2H3/p+1. The Labute approximate surface area is 172 Å². The highest BCUT2D eigenvalue weighted by Crippen LogP contribution is 2.19. The number of phenolic OH excluding ortho intramolecular Hbond substituents is 1. The molecule has 1 amide bonds. The number of hydrogen-bond acceptors (Lipinski definition) is 4. The van der Waals surface area contributed by atoms with E-state index in [1.807, 2.05) is 48.3 Å². The molecule has 6 nitrogen and oxygen atoms in total. The number of anilines is 1. The summed E-state index contributed by atoms with van der Waals surface area (Å²) in [7, 11) is 2.05. The Balaban J connectivity index is 1.44. The van der Waals surface area contributed by atoms with E-state index in [1.54, 1.807) is 18.2 Å². The first kappa shape index (κ1) is 20.7. The molecule has 1 atom stereocenters. The van der Waals surface area contributed by atoms with Crippen molar-refractivity contribution in [2.75, 3.05) is 51.3 Å². The van der Waals surface area contributed by atoms with E-state index in [2.05, 4.69) is 11.5 Å². The molecule has 0 aliphatic carbocycles. The van der Waals surface area contributed by atoms with E-state index in [-0.39, 0.29) is 11.7 Å². The molecule has 1 unspecified atom stereocenters. The summed E-state index contributed by atoms with van der Waals surface area (Å²) in [5.41, 5.74) is 2.26. The van der Waals surface area contributed by atoms with Gasteiger partial charge in [-0.05, 0) is 48.5 Å². The Kier molecular flexibility index (Phi) is 7.14. The fourth-order valence-corrected chi connectivity index (χ4v) is 3.52. The van der Waals surface area contributed by atoms with E-state index >= 15 is 0 Å². The van der Waals surface area contributed by atoms with E-state index < -0.39 is 0 Å². The van der Waals surface area contributed by atoms with Gasteiger partial charge in [-0.2, -0.15) is 0 Å². The molecule has 2 N–H and O–H groups in total. The summed E-state index contributed by atoms with van der Waals surface area (Å²) in [6.45, 7) is 8.48. The Hall–Kier alpha value is -2.99. The van der Waals surface area contributed by atoms with Gasteiger partial charge in [-0.15, -0.1) is 0 Å². The van der Waals surface area contributed by atoms with Crippen molar-refractivity contribution in [3.63, 3.8) is 0 Å². The van der Waals surface area contributed by atoms with Crippen LogP contribution in [0.25, 0.3) is 0 Å². The molecule has 1 fully saturated rings. The average molecular weight is 397 g/mol. The SMILES string of the molecule is C=CCOc1ccc(C[NH+](C)CC(=O)N2CCN(c3ccc(O)cc3)CC2)cc1. The second-order valence-corrected chi connectivity index (χ2v) is 7.44. The van der Waals surface area contributed by atoms with E-state index in [0.29, 0.717) is 13.2 Å². The third kappa shape index (κ3) is 5.99. The lowest BCUT2D eigenvalue weighted by molar-refractivity contribution is -0.885. The van der Waals surface area contributed by atoms with Crippen LogP contribution in [-0.4, -0.2) is 62.3 Å². The molecule has 0 bridgehead atoms. The molecule has 6 heteroatoms. The van der Waals surface area contributed by atoms with E-state index in [4.69, 9.17) is 4.74 Å². The number of likely N-dealkylation sites (N-methyl/N-ethyl adjacent to an activating group) is 1. The number of ether oxygens (including phenoxy) is 1. The van der Waals surface area contributed by atoms with Gasteiger partial charge < -0.3 is 24.5 Å². The molecule has 3 rings (SSSR count). The third-order valence-corrected chi connectivity index (χ3v) is 5.10. The monoisotopic (exact) mass is 396 g/mol. The van der Waals surface area contributed by atoms with Crippen molar-refractivity contribution in [2.45, 2.75) is 6.54 Å². The number of carbonyl (C=O) groups excluding carboxylic acids is 1. The van der Waals surface area contributed by atoms with Crippen LogP contribution in [0.4, 0.5) is 5.69 Å². The van der Waals surface area contributed by atoms with Gasteiger partial charge in [-0.1, -0.05) is 12.7 Å². The van der Waals surface area contributed by atoms with Crippen LogP contribution in [0.15, 0.2) is 61.2 Å². The number of piperazine rings is 1. The topological polar surface area (TPSA) is 57.5 Å². The number of amides is 1. The molecule has 0 radical (unpaired) electrons. The smallest absolute Gasteiger partial charge is 0.277 e. The van der Waals surface area contributed by atoms with Gasteiger partial charge in [-0.3, -0.25) is 4.79 Å². The summed E-state index contributed by atoms with van der Waals surface area (Å²) in [5, 5.41) is 9.42. The first-order valence-corrected chi connectivity index (χ1v) is 10.0. The van der Waals surface area contributed by atoms with Gasteiger partial charge in [0.2, 0.25) is 0 Å². The highest BCUT2D eigenvalue weighted by atomic mass is 16.5. The molecule has 1 saturated heterocycles. The van der Waals surface area contributed by atoms with Crippen molar-refractivity contribution in [2.24, 2.45) is 0 Å². The van der Waals surface area contributed by atoms with Gasteiger partial charge in [0, 0.05) is 37.4 Å². The van der Waals surface area contributed by atoms with Crippen LogP contribution in [0.2, 0.25) is 0 Å². The number of aromatic hydroxyl groups is 1. The number of hydrogen-bond donors (Lipinski definition) is 2. The summed E-state index contributed by atoms with van der Waals surface area (Å²) < 4.78 is 5.50. The van der Waals surface area contributed by atoms with Gasteiger partial charge in [0.1, 0.15) is 24.7 Å². The summed E-state index contributed by atoms with van der Waals surface area (Å²) in [6.07, 6.45) is 1.72. The Morgan fingerprint density at radius 2 is 1.76 bits per heavy atom. The Morgan fingerprint density at radius 3 is 2.38 bits per heavy atom. The molecular weight excluding hydrogens is 366 g/mol. The molecule has 0 aromatic heterocycles. The van der Waals surface area contributed by atoms with Gasteiger partial charge in [0.05, 0.1) is 7.05 Å². The van der Waals surface area contributed by atoms with Crippen LogP contribution in [0, 0.1) is 0 Å². The number of benzene rings is 2. The second kappa shape index (κ2) is 9.98. The molecule has 154 valence electrons. The predicted molar refractivity (Wildman–Crippen MR) is 114 cm³/mol. The number of nitrogens with one attached hydrogen (secondary N) is 1. The van der Waals surface area contributed by atoms with Crippen LogP contribution in [0.5, 0.6) is 11.5 Å². The van der Waals surface area contributed by atoms with E-state index in [1.165, 1.54) is 5.56 Å². The number of phenols is 1. The van der Waals surface area contributed by atoms with Gasteiger partial charge in [0.15, 0.2) is 6.54 Å². The van der Waals surface area contributed by atoms with E-state index in [0.717, 1.165) is 49.1 Å². The largest absolute Gasteiger partial charge is 0.508 e. The minimum atomic E-state index is 0.193. The molecule has 0 saturated carbocycles. The molecule has 1 aliphatic heterocycles. The van der Waals surface area contributed by atoms with Crippen molar-refractivity contribution >= 4 is 11.6 Å². The lowest BCUT2D eigenvalue weighted by atomic mass is 10.2. The zero-order chi connectivity index (χ0) is 20.6. The van der Waals surface area contributed by atoms with Crippen molar-refractivity contribution in [3.05, 3.63) is 66.7 Å². The van der Waals surface area contributed by atoms with Gasteiger partial charge >= 0.3 is 0 Å². The normalized spacial score (nSPS) is 15.1. The molecule has 2 aromatic carbocycles. The first-order chi connectivity index (χ1) is 14.0. The maximum absolute atomic E-state index is 12.7. The van der Waals surface area contributed by atoms with Crippen LogP contribution in [0.1, 0.15) is 5.56 Å². The molecule has 29 heavy (non-hydrogen) atoms. The maximum Gasteiger partial charge on any atom is 0.277 e. The molecule has 0 spiro atoms. The summed E-state index contributed by atoms with van der Waals surface area (Å²) >= 11 is 0. The minimum Gasteiger partial charge on any atom is -0.508 e. The van der Waals surface area contributed by atoms with Gasteiger partial charge in [-0.25, -0.2) is 0 Å². The zero-order valence-electron chi connectivity index (χ0n) is 17.0. The lowest BCUT2D eigenvalue weighted by Gasteiger charge is -2.36. The maximum atomic E-state index is 12.7. The van der Waals surface area contributed by atoms with Crippen LogP contribution >= 0.6 is 0 Å². The van der Waals surface area contributed by atoms with Crippen molar-refractivity contribution < 1.29 is 19.5 Å². The zero-order valence-corrected chi connectivity index (χ0v) is 17.0. The summed E-state index contributed by atoms with van der Waals surface area (Å²) in [6, 6.07) is 15.2. The third-order valence-electron chi connectivity index (χ3n) is 5.10. The Bertz CT molecular complexity index is 797. The predicted octanol–water partition coefficient (Wildman–Crippen LogP) is 1.32. The number of carbonyl (C=O) groups is 1. The van der Waals surface area contributed by atoms with E-state index in [9.17, 15) is 9.90 Å². The quantitative estimate of drug-likeness (QED) is 0.661. The second-order valence-electron chi connectivity index (χ2n) is 7.44. The molecule has 1 heterocycles. The van der Waals surface area contributed by atoms with Crippen molar-refractivity contribution in [3.8, 4) is 11.5 Å². The number of nitrogens with zero attached hydrogens (tertiary/aromatic N) is 2. The highest BCUT2D eigenvalue weighted by Gasteiger charge is 2.23. The minimum absolute atomic E-state index is 0.193. The fourth-order valence-electron chi connectivity index (χ4n) is 3.52. The number of quaternary nitrogens is 1. The molecule has 1 aliphatic rings. The fraction of sp³-hybridized carbons (Fsp3) is 0.348. The lowest BCUT2D eigenvalue weighted by Crippen LogP contribution is -3.09. The van der Waals surface area contributed by atoms with Crippen molar-refractivity contribution in [1.29, 1.82) is 0 Å². The van der Waals surface area contributed by atoms with Crippen LogP contribution < -0.4 is 14.5 Å². The molecular formula is C23H30N3O3+. The highest BCUT2D eigenvalue weighted by molar-refractivity contribution is 5.77. The summed E-state index contributed by atoms with van der Waals surface area (Å²) in [5.74, 6) is 1.29.